The van der Waals surface area contributed by atoms with E-state index in [1.165, 1.54) is 7.11 Å². The Morgan fingerprint density at radius 3 is 2.04 bits per heavy atom. The van der Waals surface area contributed by atoms with Crippen LogP contribution in [0.3, 0.4) is 0 Å². The van der Waals surface area contributed by atoms with Crippen LogP contribution >= 0.6 is 0 Å². The van der Waals surface area contributed by atoms with Gasteiger partial charge in [-0.1, -0.05) is 18.2 Å². The van der Waals surface area contributed by atoms with Gasteiger partial charge in [-0.05, 0) is 59.7 Å². The van der Waals surface area contributed by atoms with Gasteiger partial charge >= 0.3 is 12.0 Å². The topological polar surface area (TPSA) is 70.7 Å². The van der Waals surface area contributed by atoms with E-state index >= 15 is 0 Å². The summed E-state index contributed by atoms with van der Waals surface area (Å²) < 4.78 is 5.07. The number of amides is 2. The van der Waals surface area contributed by atoms with Crippen LogP contribution in [0.5, 0.6) is 0 Å². The maximum Gasteiger partial charge on any atom is 0.331 e. The summed E-state index contributed by atoms with van der Waals surface area (Å²) in [6, 6.07) is 8.75. The lowest BCUT2D eigenvalue weighted by Crippen LogP contribution is -2.71. The number of esters is 1. The molecule has 0 saturated carbocycles. The highest BCUT2D eigenvalue weighted by Crippen LogP contribution is 2.43. The molecule has 1 saturated heterocycles. The van der Waals surface area contributed by atoms with Crippen LogP contribution in [0.25, 0.3) is 0 Å². The second-order valence-electron chi connectivity index (χ2n) is 8.06. The normalized spacial score (nSPS) is 21.2. The molecule has 0 radical (unpaired) electrons. The molecule has 1 aliphatic rings. The standard InChI is InChI=1S/C19H29N3O3/c1-17(2)12-19(15(23)25-6,13-18(3,4)22(17)5)21-16(24)20-14-10-8-7-9-11-14/h7-11H,12-13H2,1-6H3,(H2,20,21,24). The molecule has 25 heavy (non-hydrogen) atoms. The van der Waals surface area contributed by atoms with E-state index in [-0.39, 0.29) is 11.1 Å². The van der Waals surface area contributed by atoms with Gasteiger partial charge in [-0.25, -0.2) is 9.59 Å². The molecule has 2 amide bonds. The average Bonchev–Trinajstić information content (AvgIpc) is 2.52. The van der Waals surface area contributed by atoms with E-state index in [2.05, 4.69) is 43.2 Å². The summed E-state index contributed by atoms with van der Waals surface area (Å²) in [6.07, 6.45) is 0.934. The quantitative estimate of drug-likeness (QED) is 0.825. The van der Waals surface area contributed by atoms with Gasteiger partial charge in [0.15, 0.2) is 0 Å². The van der Waals surface area contributed by atoms with Crippen molar-refractivity contribution in [2.24, 2.45) is 0 Å². The summed E-state index contributed by atoms with van der Waals surface area (Å²) in [5, 5.41) is 5.70. The van der Waals surface area contributed by atoms with Crippen molar-refractivity contribution in [1.29, 1.82) is 0 Å². The molecule has 0 atom stereocenters. The number of methoxy groups -OCH3 is 1. The molecule has 1 fully saturated rings. The van der Waals surface area contributed by atoms with Crippen LogP contribution in [0, 0.1) is 0 Å². The first kappa shape index (κ1) is 19.2. The molecular weight excluding hydrogens is 318 g/mol. The Balaban J connectivity index is 2.29. The number of ether oxygens (including phenoxy) is 1. The van der Waals surface area contributed by atoms with Crippen molar-refractivity contribution >= 4 is 17.7 Å². The SMILES string of the molecule is COC(=O)C1(NC(=O)Nc2ccccc2)CC(C)(C)N(C)C(C)(C)C1. The summed E-state index contributed by atoms with van der Waals surface area (Å²) in [6.45, 7) is 8.29. The summed E-state index contributed by atoms with van der Waals surface area (Å²) in [7, 11) is 3.41. The molecule has 2 rings (SSSR count). The number of rotatable bonds is 3. The van der Waals surface area contributed by atoms with E-state index < -0.39 is 17.5 Å². The van der Waals surface area contributed by atoms with Gasteiger partial charge in [-0.2, -0.15) is 0 Å². The first-order valence-corrected chi connectivity index (χ1v) is 8.49. The maximum atomic E-state index is 12.7. The first-order chi connectivity index (χ1) is 11.5. The van der Waals surface area contributed by atoms with Crippen LogP contribution < -0.4 is 10.6 Å². The molecular formula is C19H29N3O3. The third kappa shape index (κ3) is 3.95. The number of carbonyl (C=O) groups is 2. The van der Waals surface area contributed by atoms with Gasteiger partial charge in [0.2, 0.25) is 0 Å². The zero-order chi connectivity index (χ0) is 18.9. The largest absolute Gasteiger partial charge is 0.467 e. The zero-order valence-electron chi connectivity index (χ0n) is 16.0. The first-order valence-electron chi connectivity index (χ1n) is 8.49. The Labute approximate surface area is 149 Å². The number of carbonyl (C=O) groups excluding carboxylic acids is 2. The number of nitrogens with one attached hydrogen (secondary N) is 2. The smallest absolute Gasteiger partial charge is 0.331 e. The number of anilines is 1. The average molecular weight is 347 g/mol. The minimum absolute atomic E-state index is 0.282. The van der Waals surface area contributed by atoms with Crippen molar-refractivity contribution in [2.45, 2.75) is 57.2 Å². The third-order valence-corrected chi connectivity index (χ3v) is 5.25. The number of benzene rings is 1. The number of urea groups is 1. The number of hydrogen-bond donors (Lipinski definition) is 2. The highest BCUT2D eigenvalue weighted by atomic mass is 16.5. The van der Waals surface area contributed by atoms with Crippen molar-refractivity contribution in [1.82, 2.24) is 10.2 Å². The van der Waals surface area contributed by atoms with E-state index in [9.17, 15) is 9.59 Å². The highest BCUT2D eigenvalue weighted by Gasteiger charge is 2.56. The van der Waals surface area contributed by atoms with Gasteiger partial charge in [0.1, 0.15) is 5.54 Å². The van der Waals surface area contributed by atoms with E-state index in [1.807, 2.05) is 25.2 Å². The summed E-state index contributed by atoms with van der Waals surface area (Å²) in [5.41, 5.74) is -0.967. The Hall–Kier alpha value is -2.08. The zero-order valence-corrected chi connectivity index (χ0v) is 16.0. The van der Waals surface area contributed by atoms with Crippen molar-refractivity contribution in [3.8, 4) is 0 Å². The van der Waals surface area contributed by atoms with Gasteiger partial charge in [0.05, 0.1) is 7.11 Å². The second-order valence-corrected chi connectivity index (χ2v) is 8.06. The molecule has 0 aromatic heterocycles. The lowest BCUT2D eigenvalue weighted by atomic mass is 9.69. The lowest BCUT2D eigenvalue weighted by Gasteiger charge is -2.57. The Morgan fingerprint density at radius 1 is 1.04 bits per heavy atom. The molecule has 6 heteroatoms. The van der Waals surface area contributed by atoms with Gasteiger partial charge < -0.3 is 15.4 Å². The van der Waals surface area contributed by atoms with Crippen LogP contribution in [-0.4, -0.2) is 47.7 Å². The number of likely N-dealkylation sites (tertiary alicyclic amines) is 1. The van der Waals surface area contributed by atoms with E-state index in [0.717, 1.165) is 0 Å². The molecule has 138 valence electrons. The molecule has 1 aromatic carbocycles. The monoisotopic (exact) mass is 347 g/mol. The molecule has 0 unspecified atom stereocenters. The second kappa shape index (κ2) is 6.67. The molecule has 1 heterocycles. The van der Waals surface area contributed by atoms with Crippen molar-refractivity contribution < 1.29 is 14.3 Å². The van der Waals surface area contributed by atoms with E-state index in [1.54, 1.807) is 12.1 Å². The number of para-hydroxylation sites is 1. The van der Waals surface area contributed by atoms with Crippen LogP contribution in [0.15, 0.2) is 30.3 Å². The van der Waals surface area contributed by atoms with Crippen molar-refractivity contribution in [2.75, 3.05) is 19.5 Å². The molecule has 2 N–H and O–H groups in total. The highest BCUT2D eigenvalue weighted by molar-refractivity contribution is 5.94. The van der Waals surface area contributed by atoms with Gasteiger partial charge in [-0.15, -0.1) is 0 Å². The summed E-state index contributed by atoms with van der Waals surface area (Å²) in [5.74, 6) is -0.412. The van der Waals surface area contributed by atoms with Crippen molar-refractivity contribution in [3.05, 3.63) is 30.3 Å². The Kier molecular flexibility index (Phi) is 5.14. The van der Waals surface area contributed by atoms with E-state index in [0.29, 0.717) is 18.5 Å². The third-order valence-electron chi connectivity index (χ3n) is 5.25. The fraction of sp³-hybridized carbons (Fsp3) is 0.579. The number of piperidine rings is 1. The molecule has 0 bridgehead atoms. The summed E-state index contributed by atoms with van der Waals surface area (Å²) in [4.78, 5) is 27.5. The number of nitrogens with zero attached hydrogens (tertiary/aromatic N) is 1. The maximum absolute atomic E-state index is 12.7. The van der Waals surface area contributed by atoms with Crippen LogP contribution in [-0.2, 0) is 9.53 Å². The molecule has 6 nitrogen and oxygen atoms in total. The van der Waals surface area contributed by atoms with Crippen LogP contribution in [0.4, 0.5) is 10.5 Å². The van der Waals surface area contributed by atoms with E-state index in [4.69, 9.17) is 4.74 Å². The minimum atomic E-state index is -1.08. The Morgan fingerprint density at radius 2 is 1.56 bits per heavy atom. The summed E-state index contributed by atoms with van der Waals surface area (Å²) >= 11 is 0. The van der Waals surface area contributed by atoms with Gasteiger partial charge in [-0.3, -0.25) is 4.90 Å². The minimum Gasteiger partial charge on any atom is -0.467 e. The molecule has 0 spiro atoms. The Bertz CT molecular complexity index is 623. The predicted molar refractivity (Wildman–Crippen MR) is 98.5 cm³/mol. The molecule has 0 aliphatic carbocycles. The van der Waals surface area contributed by atoms with Gasteiger partial charge in [0, 0.05) is 16.8 Å². The molecule has 1 aromatic rings. The van der Waals surface area contributed by atoms with Gasteiger partial charge in [0.25, 0.3) is 0 Å². The molecule has 1 aliphatic heterocycles. The lowest BCUT2D eigenvalue weighted by molar-refractivity contribution is -0.157. The fourth-order valence-corrected chi connectivity index (χ4v) is 3.98. The number of hydrogen-bond acceptors (Lipinski definition) is 4. The van der Waals surface area contributed by atoms with Crippen LogP contribution in [0.1, 0.15) is 40.5 Å². The van der Waals surface area contributed by atoms with Crippen LogP contribution in [0.2, 0.25) is 0 Å². The van der Waals surface area contributed by atoms with Crippen molar-refractivity contribution in [3.63, 3.8) is 0 Å². The fourth-order valence-electron chi connectivity index (χ4n) is 3.98. The predicted octanol–water partition coefficient (Wildman–Crippen LogP) is 3.00.